The number of benzene rings is 1. The number of thiazole rings is 1. The van der Waals surface area contributed by atoms with Crippen LogP contribution in [0.4, 0.5) is 19.6 Å². The summed E-state index contributed by atoms with van der Waals surface area (Å²) in [6.07, 6.45) is 1.61. The molecule has 0 saturated heterocycles. The van der Waals surface area contributed by atoms with Crippen molar-refractivity contribution >= 4 is 28.1 Å². The van der Waals surface area contributed by atoms with Crippen LogP contribution in [0, 0.1) is 13.8 Å². The van der Waals surface area contributed by atoms with Gasteiger partial charge in [0.2, 0.25) is 5.91 Å². The second kappa shape index (κ2) is 7.57. The van der Waals surface area contributed by atoms with E-state index in [2.05, 4.69) is 15.0 Å². The summed E-state index contributed by atoms with van der Waals surface area (Å²) < 4.78 is 29.3. The summed E-state index contributed by atoms with van der Waals surface area (Å²) in [6.45, 7) is 3.59. The first-order valence-electron chi connectivity index (χ1n) is 8.44. The lowest BCUT2D eigenvalue weighted by atomic mass is 9.99. The number of carbonyl (C=O) groups is 1. The number of rotatable bonds is 5. The Bertz CT molecular complexity index is 790. The lowest BCUT2D eigenvalue weighted by Crippen LogP contribution is -2.44. The zero-order valence-corrected chi connectivity index (χ0v) is 15.7. The van der Waals surface area contributed by atoms with Gasteiger partial charge in [0, 0.05) is 17.1 Å². The third kappa shape index (κ3) is 3.95. The van der Waals surface area contributed by atoms with Crippen molar-refractivity contribution in [2.24, 2.45) is 0 Å². The van der Waals surface area contributed by atoms with Crippen LogP contribution in [0.5, 0.6) is 5.75 Å². The number of fused-ring (bicyclic) bond motifs is 1. The smallest absolute Gasteiger partial charge is 0.387 e. The summed E-state index contributed by atoms with van der Waals surface area (Å²) >= 11 is 1.45. The van der Waals surface area contributed by atoms with E-state index in [0.717, 1.165) is 41.2 Å². The Morgan fingerprint density at radius 2 is 2.15 bits per heavy atom. The third-order valence-electron chi connectivity index (χ3n) is 4.54. The molecule has 1 N–H and O–H groups in total. The second-order valence-corrected chi connectivity index (χ2v) is 7.50. The average Bonchev–Trinajstić information content (AvgIpc) is 2.90. The van der Waals surface area contributed by atoms with Gasteiger partial charge < -0.3 is 15.0 Å². The van der Waals surface area contributed by atoms with Crippen molar-refractivity contribution in [2.75, 3.05) is 16.8 Å². The van der Waals surface area contributed by atoms with E-state index >= 15 is 0 Å². The van der Waals surface area contributed by atoms with Crippen LogP contribution in [0.2, 0.25) is 0 Å². The zero-order chi connectivity index (χ0) is 18.8. The molecule has 1 aliphatic rings. The molecule has 5 nitrogen and oxygen atoms in total. The molecule has 0 spiro atoms. The fourth-order valence-corrected chi connectivity index (χ4v) is 3.88. The van der Waals surface area contributed by atoms with Gasteiger partial charge in [0.1, 0.15) is 11.8 Å². The Labute approximate surface area is 155 Å². The molecule has 0 bridgehead atoms. The van der Waals surface area contributed by atoms with E-state index in [4.69, 9.17) is 0 Å². The van der Waals surface area contributed by atoms with E-state index in [1.807, 2.05) is 25.7 Å². The Hall–Kier alpha value is -2.22. The molecule has 0 fully saturated rings. The Balaban J connectivity index is 1.76. The molecule has 0 radical (unpaired) electrons. The van der Waals surface area contributed by atoms with Gasteiger partial charge in [-0.25, -0.2) is 4.98 Å². The Morgan fingerprint density at radius 3 is 2.81 bits per heavy atom. The second-order valence-electron chi connectivity index (χ2n) is 6.29. The standard InChI is InChI=1S/C18H21F2N3O2S/c1-10-12(3)26-18(21-10)22-16(24)11(2)23-8-4-5-13-9-14(25-17(19)20)6-7-15(13)23/h6-7,9,11,17H,4-5,8H2,1-3H3,(H,21,22,24)/t11-/m1/s1. The van der Waals surface area contributed by atoms with Crippen LogP contribution in [-0.2, 0) is 11.2 Å². The molecule has 0 unspecified atom stereocenters. The number of alkyl halides is 2. The molecule has 3 rings (SSSR count). The molecule has 1 amide bonds. The van der Waals surface area contributed by atoms with Gasteiger partial charge in [0.15, 0.2) is 5.13 Å². The van der Waals surface area contributed by atoms with Crippen molar-refractivity contribution in [2.45, 2.75) is 46.3 Å². The molecule has 1 aliphatic heterocycles. The van der Waals surface area contributed by atoms with E-state index < -0.39 is 12.7 Å². The number of carbonyl (C=O) groups excluding carboxylic acids is 1. The van der Waals surface area contributed by atoms with Crippen molar-refractivity contribution in [1.29, 1.82) is 0 Å². The number of hydrogen-bond acceptors (Lipinski definition) is 5. The summed E-state index contributed by atoms with van der Waals surface area (Å²) in [6, 6.07) is 4.49. The predicted octanol–water partition coefficient (Wildman–Crippen LogP) is 4.14. The predicted molar refractivity (Wildman–Crippen MR) is 98.4 cm³/mol. The van der Waals surface area contributed by atoms with Crippen molar-refractivity contribution in [1.82, 2.24) is 4.98 Å². The summed E-state index contributed by atoms with van der Waals surface area (Å²) in [7, 11) is 0. The first-order valence-corrected chi connectivity index (χ1v) is 9.26. The molecule has 140 valence electrons. The molecule has 0 saturated carbocycles. The molecule has 2 heterocycles. The van der Waals surface area contributed by atoms with E-state index in [1.165, 1.54) is 17.4 Å². The largest absolute Gasteiger partial charge is 0.435 e. The van der Waals surface area contributed by atoms with Crippen LogP contribution in [0.3, 0.4) is 0 Å². The van der Waals surface area contributed by atoms with Crippen LogP contribution in [-0.4, -0.2) is 30.1 Å². The van der Waals surface area contributed by atoms with E-state index in [1.54, 1.807) is 12.1 Å². The molecular weight excluding hydrogens is 360 g/mol. The fourth-order valence-electron chi connectivity index (χ4n) is 3.06. The topological polar surface area (TPSA) is 54.5 Å². The number of aryl methyl sites for hydroxylation is 3. The quantitative estimate of drug-likeness (QED) is 0.846. The maximum atomic E-state index is 12.6. The van der Waals surface area contributed by atoms with Gasteiger partial charge in [0.05, 0.1) is 5.69 Å². The Morgan fingerprint density at radius 1 is 1.38 bits per heavy atom. The van der Waals surface area contributed by atoms with E-state index in [9.17, 15) is 13.6 Å². The number of halogens is 2. The normalized spacial score (nSPS) is 14.9. The first kappa shape index (κ1) is 18.6. The van der Waals surface area contributed by atoms with Crippen LogP contribution in [0.15, 0.2) is 18.2 Å². The fraction of sp³-hybridized carbons (Fsp3) is 0.444. The SMILES string of the molecule is Cc1nc(NC(=O)[C@@H](C)N2CCCc3cc(OC(F)F)ccc32)sc1C. The summed E-state index contributed by atoms with van der Waals surface area (Å²) in [4.78, 5) is 20.1. The highest BCUT2D eigenvalue weighted by atomic mass is 32.1. The average molecular weight is 381 g/mol. The van der Waals surface area contributed by atoms with Crippen molar-refractivity contribution in [3.63, 3.8) is 0 Å². The van der Waals surface area contributed by atoms with Gasteiger partial charge in [-0.2, -0.15) is 8.78 Å². The van der Waals surface area contributed by atoms with Crippen molar-refractivity contribution < 1.29 is 18.3 Å². The minimum Gasteiger partial charge on any atom is -0.435 e. The van der Waals surface area contributed by atoms with Gasteiger partial charge in [-0.1, -0.05) is 0 Å². The van der Waals surface area contributed by atoms with E-state index in [-0.39, 0.29) is 11.7 Å². The number of nitrogens with one attached hydrogen (secondary N) is 1. The van der Waals surface area contributed by atoms with E-state index in [0.29, 0.717) is 5.13 Å². The van der Waals surface area contributed by atoms with Gasteiger partial charge in [-0.15, -0.1) is 11.3 Å². The maximum absolute atomic E-state index is 12.6. The highest BCUT2D eigenvalue weighted by Crippen LogP contribution is 2.32. The molecule has 1 aromatic heterocycles. The monoisotopic (exact) mass is 381 g/mol. The number of amides is 1. The van der Waals surface area contributed by atoms with Gasteiger partial charge in [0.25, 0.3) is 0 Å². The highest BCUT2D eigenvalue weighted by Gasteiger charge is 2.27. The number of aromatic nitrogens is 1. The number of anilines is 2. The van der Waals surface area contributed by atoms with Crippen molar-refractivity contribution in [3.8, 4) is 5.75 Å². The molecule has 0 aliphatic carbocycles. The number of hydrogen-bond donors (Lipinski definition) is 1. The zero-order valence-electron chi connectivity index (χ0n) is 14.9. The molecule has 1 atom stereocenters. The molecule has 2 aromatic rings. The minimum atomic E-state index is -2.84. The first-order chi connectivity index (χ1) is 12.3. The lowest BCUT2D eigenvalue weighted by Gasteiger charge is -2.35. The van der Waals surface area contributed by atoms with Crippen LogP contribution in [0.1, 0.15) is 29.5 Å². The third-order valence-corrected chi connectivity index (χ3v) is 5.52. The maximum Gasteiger partial charge on any atom is 0.387 e. The van der Waals surface area contributed by atoms with Crippen LogP contribution < -0.4 is 15.0 Å². The molecule has 1 aromatic carbocycles. The molecule has 8 heteroatoms. The summed E-state index contributed by atoms with van der Waals surface area (Å²) in [5.41, 5.74) is 2.70. The van der Waals surface area contributed by atoms with Crippen LogP contribution in [0.25, 0.3) is 0 Å². The van der Waals surface area contributed by atoms with Crippen molar-refractivity contribution in [3.05, 3.63) is 34.3 Å². The van der Waals surface area contributed by atoms with Gasteiger partial charge >= 0.3 is 6.61 Å². The van der Waals surface area contributed by atoms with Gasteiger partial charge in [-0.3, -0.25) is 4.79 Å². The number of nitrogens with zero attached hydrogens (tertiary/aromatic N) is 2. The van der Waals surface area contributed by atoms with Gasteiger partial charge in [-0.05, 0) is 57.4 Å². The number of ether oxygens (including phenoxy) is 1. The minimum absolute atomic E-state index is 0.139. The lowest BCUT2D eigenvalue weighted by molar-refractivity contribution is -0.117. The van der Waals surface area contributed by atoms with Crippen LogP contribution >= 0.6 is 11.3 Å². The highest BCUT2D eigenvalue weighted by molar-refractivity contribution is 7.15. The summed E-state index contributed by atoms with van der Waals surface area (Å²) in [5.74, 6) is 0.00551. The Kier molecular flexibility index (Phi) is 5.41. The summed E-state index contributed by atoms with van der Waals surface area (Å²) in [5, 5.41) is 3.46. The molecular formula is C18H21F2N3O2S. The molecule has 26 heavy (non-hydrogen) atoms.